The summed E-state index contributed by atoms with van der Waals surface area (Å²) in [6.07, 6.45) is 6.20. The minimum atomic E-state index is 0.248. The van der Waals surface area contributed by atoms with Crippen molar-refractivity contribution in [2.45, 2.75) is 18.9 Å². The summed E-state index contributed by atoms with van der Waals surface area (Å²) in [4.78, 5) is 3.95. The molecule has 1 heterocycles. The molecule has 1 aromatic heterocycles. The van der Waals surface area contributed by atoms with Gasteiger partial charge in [0.1, 0.15) is 0 Å². The third-order valence-electron chi connectivity index (χ3n) is 2.22. The predicted octanol–water partition coefficient (Wildman–Crippen LogP) is 1.49. The van der Waals surface area contributed by atoms with Gasteiger partial charge in [-0.15, -0.1) is 0 Å². The van der Waals surface area contributed by atoms with Crippen LogP contribution >= 0.6 is 0 Å². The van der Waals surface area contributed by atoms with E-state index < -0.39 is 0 Å². The van der Waals surface area contributed by atoms with Crippen LogP contribution in [0.25, 0.3) is 0 Å². The van der Waals surface area contributed by atoms with Crippen LogP contribution in [0.2, 0.25) is 0 Å². The molecule has 1 aromatic rings. The zero-order chi connectivity index (χ0) is 7.68. The maximum atomic E-state index is 5.97. The molecule has 2 rings (SSSR count). The molecule has 1 aliphatic rings. The van der Waals surface area contributed by atoms with Gasteiger partial charge in [0.2, 0.25) is 0 Å². The number of nitrogens with two attached hydrogens (primary N) is 1. The molecule has 2 N–H and O–H groups in total. The molecule has 1 aliphatic carbocycles. The number of aromatic nitrogens is 1. The minimum Gasteiger partial charge on any atom is -0.324 e. The molecule has 2 nitrogen and oxygen atoms in total. The van der Waals surface area contributed by atoms with Crippen LogP contribution in [0.3, 0.4) is 0 Å². The van der Waals surface area contributed by atoms with Crippen molar-refractivity contribution >= 4 is 0 Å². The van der Waals surface area contributed by atoms with Crippen LogP contribution in [-0.4, -0.2) is 4.98 Å². The van der Waals surface area contributed by atoms with Crippen molar-refractivity contribution in [2.24, 2.45) is 11.7 Å². The largest absolute Gasteiger partial charge is 0.324 e. The second kappa shape index (κ2) is 2.62. The van der Waals surface area contributed by atoms with Gasteiger partial charge in [-0.05, 0) is 36.5 Å². The fourth-order valence-electron chi connectivity index (χ4n) is 1.31. The van der Waals surface area contributed by atoms with Crippen molar-refractivity contribution in [1.29, 1.82) is 0 Å². The normalized spacial score (nSPS) is 19.7. The molecule has 1 fully saturated rings. The van der Waals surface area contributed by atoms with Crippen molar-refractivity contribution in [2.75, 3.05) is 0 Å². The summed E-state index contributed by atoms with van der Waals surface area (Å²) in [7, 11) is 0. The monoisotopic (exact) mass is 148 g/mol. The maximum Gasteiger partial charge on any atom is 0.0324 e. The van der Waals surface area contributed by atoms with Gasteiger partial charge in [0.25, 0.3) is 0 Å². The van der Waals surface area contributed by atoms with Gasteiger partial charge in [0.15, 0.2) is 0 Å². The first-order chi connectivity index (χ1) is 5.38. The molecule has 0 bridgehead atoms. The Kier molecular flexibility index (Phi) is 1.62. The highest BCUT2D eigenvalue weighted by Crippen LogP contribution is 2.38. The summed E-state index contributed by atoms with van der Waals surface area (Å²) in [6.45, 7) is 0. The number of rotatable bonds is 2. The zero-order valence-corrected chi connectivity index (χ0v) is 6.40. The number of nitrogens with zero attached hydrogens (tertiary/aromatic N) is 1. The lowest BCUT2D eigenvalue weighted by molar-refractivity contribution is 0.632. The molecule has 0 spiro atoms. The van der Waals surface area contributed by atoms with Crippen LogP contribution in [0.1, 0.15) is 24.4 Å². The second-order valence-corrected chi connectivity index (χ2v) is 3.14. The third-order valence-corrected chi connectivity index (χ3v) is 2.22. The molecule has 0 amide bonds. The van der Waals surface area contributed by atoms with Crippen molar-refractivity contribution in [3.05, 3.63) is 30.1 Å². The lowest BCUT2D eigenvalue weighted by atomic mass is 10.1. The molecular weight excluding hydrogens is 136 g/mol. The smallest absolute Gasteiger partial charge is 0.0324 e. The van der Waals surface area contributed by atoms with Gasteiger partial charge in [0.05, 0.1) is 0 Å². The van der Waals surface area contributed by atoms with Crippen LogP contribution < -0.4 is 5.73 Å². The summed E-state index contributed by atoms with van der Waals surface area (Å²) in [5.74, 6) is 0.734. The highest BCUT2D eigenvalue weighted by Gasteiger charge is 2.29. The van der Waals surface area contributed by atoms with Crippen LogP contribution in [0.5, 0.6) is 0 Å². The van der Waals surface area contributed by atoms with E-state index in [1.165, 1.54) is 18.4 Å². The predicted molar refractivity (Wildman–Crippen MR) is 43.9 cm³/mol. The third kappa shape index (κ3) is 1.40. The summed E-state index contributed by atoms with van der Waals surface area (Å²) in [6, 6.07) is 4.25. The summed E-state index contributed by atoms with van der Waals surface area (Å²) in [5, 5.41) is 0. The second-order valence-electron chi connectivity index (χ2n) is 3.14. The Morgan fingerprint density at radius 3 is 2.55 bits per heavy atom. The van der Waals surface area contributed by atoms with E-state index in [2.05, 4.69) is 4.98 Å². The quantitative estimate of drug-likeness (QED) is 0.690. The van der Waals surface area contributed by atoms with Gasteiger partial charge in [0, 0.05) is 18.4 Å². The summed E-state index contributed by atoms with van der Waals surface area (Å²) in [5.41, 5.74) is 7.20. The Morgan fingerprint density at radius 1 is 1.36 bits per heavy atom. The summed E-state index contributed by atoms with van der Waals surface area (Å²) < 4.78 is 0. The van der Waals surface area contributed by atoms with E-state index in [4.69, 9.17) is 5.73 Å². The molecular formula is C9H12N2. The Hall–Kier alpha value is -0.890. The van der Waals surface area contributed by atoms with Crippen molar-refractivity contribution < 1.29 is 0 Å². The molecule has 0 unspecified atom stereocenters. The van der Waals surface area contributed by atoms with Gasteiger partial charge in [-0.3, -0.25) is 4.98 Å². The Labute approximate surface area is 66.4 Å². The van der Waals surface area contributed by atoms with E-state index in [-0.39, 0.29) is 6.04 Å². The SMILES string of the molecule is N[C@@H](c1ccncc1)C1CC1. The maximum absolute atomic E-state index is 5.97. The molecule has 58 valence electrons. The van der Waals surface area contributed by atoms with E-state index in [9.17, 15) is 0 Å². The minimum absolute atomic E-state index is 0.248. The number of hydrogen-bond donors (Lipinski definition) is 1. The fourth-order valence-corrected chi connectivity index (χ4v) is 1.31. The highest BCUT2D eigenvalue weighted by molar-refractivity contribution is 5.16. The zero-order valence-electron chi connectivity index (χ0n) is 6.40. The lowest BCUT2D eigenvalue weighted by Gasteiger charge is -2.08. The molecule has 1 saturated carbocycles. The Balaban J connectivity index is 2.15. The van der Waals surface area contributed by atoms with Gasteiger partial charge in [-0.25, -0.2) is 0 Å². The van der Waals surface area contributed by atoms with E-state index in [1.807, 2.05) is 12.1 Å². The first-order valence-corrected chi connectivity index (χ1v) is 4.03. The van der Waals surface area contributed by atoms with E-state index in [0.29, 0.717) is 0 Å². The standard InChI is InChI=1S/C9H12N2/c10-9(7-1-2-7)8-3-5-11-6-4-8/h3-7,9H,1-2,10H2/t9-/m1/s1. The fraction of sp³-hybridized carbons (Fsp3) is 0.444. The van der Waals surface area contributed by atoms with Crippen LogP contribution in [0.4, 0.5) is 0 Å². The first kappa shape index (κ1) is 6.80. The van der Waals surface area contributed by atoms with Crippen molar-refractivity contribution in [3.63, 3.8) is 0 Å². The van der Waals surface area contributed by atoms with E-state index in [0.717, 1.165) is 5.92 Å². The summed E-state index contributed by atoms with van der Waals surface area (Å²) >= 11 is 0. The Morgan fingerprint density at radius 2 is 2.00 bits per heavy atom. The molecule has 0 aromatic carbocycles. The van der Waals surface area contributed by atoms with Gasteiger partial charge in [-0.2, -0.15) is 0 Å². The number of pyridine rings is 1. The van der Waals surface area contributed by atoms with Gasteiger partial charge in [-0.1, -0.05) is 0 Å². The molecule has 2 heteroatoms. The van der Waals surface area contributed by atoms with E-state index >= 15 is 0 Å². The first-order valence-electron chi connectivity index (χ1n) is 4.03. The molecule has 1 atom stereocenters. The molecule has 0 aliphatic heterocycles. The van der Waals surface area contributed by atoms with Crippen molar-refractivity contribution in [1.82, 2.24) is 4.98 Å². The lowest BCUT2D eigenvalue weighted by Crippen LogP contribution is -2.11. The average molecular weight is 148 g/mol. The average Bonchev–Trinajstić information content (AvgIpc) is 2.87. The van der Waals surface area contributed by atoms with Crippen LogP contribution in [-0.2, 0) is 0 Å². The van der Waals surface area contributed by atoms with Crippen molar-refractivity contribution in [3.8, 4) is 0 Å². The van der Waals surface area contributed by atoms with E-state index in [1.54, 1.807) is 12.4 Å². The van der Waals surface area contributed by atoms with Gasteiger partial charge < -0.3 is 5.73 Å². The van der Waals surface area contributed by atoms with Gasteiger partial charge >= 0.3 is 0 Å². The van der Waals surface area contributed by atoms with Crippen LogP contribution in [0, 0.1) is 5.92 Å². The molecule has 11 heavy (non-hydrogen) atoms. The Bertz CT molecular complexity index is 229. The topological polar surface area (TPSA) is 38.9 Å². The van der Waals surface area contributed by atoms with Crippen LogP contribution in [0.15, 0.2) is 24.5 Å². The molecule has 0 radical (unpaired) electrons. The molecule has 0 saturated heterocycles. The number of hydrogen-bond acceptors (Lipinski definition) is 2. The highest BCUT2D eigenvalue weighted by atomic mass is 14.7.